The van der Waals surface area contributed by atoms with Gasteiger partial charge in [0.15, 0.2) is 4.77 Å². The number of carbonyl (C=O) groups excluding carboxylic acids is 1. The summed E-state index contributed by atoms with van der Waals surface area (Å²) in [6.45, 7) is 4.44. The smallest absolute Gasteiger partial charge is 0.338 e. The average Bonchev–Trinajstić information content (AvgIpc) is 3.02. The Kier molecular flexibility index (Phi) is 5.15. The van der Waals surface area contributed by atoms with Crippen molar-refractivity contribution in [1.82, 2.24) is 9.55 Å². The zero-order chi connectivity index (χ0) is 18.0. The molecule has 1 aromatic carbocycles. The van der Waals surface area contributed by atoms with E-state index in [1.807, 2.05) is 12.1 Å². The maximum Gasteiger partial charge on any atom is 0.338 e. The standard InChI is InChI=1S/C18H18N2O3S2/c1-3-13-9-14-15(25-13)19-18(24)20(16(14)21)10-11-6-5-7-12(8-11)17(22)23-4-2/h5-9H,3-4,10H2,1-2H3,(H,19,24). The van der Waals surface area contributed by atoms with Crippen molar-refractivity contribution in [2.24, 2.45) is 0 Å². The van der Waals surface area contributed by atoms with Gasteiger partial charge in [0, 0.05) is 4.88 Å². The van der Waals surface area contributed by atoms with Crippen molar-refractivity contribution < 1.29 is 9.53 Å². The van der Waals surface area contributed by atoms with Gasteiger partial charge < -0.3 is 9.72 Å². The van der Waals surface area contributed by atoms with E-state index in [0.717, 1.165) is 21.7 Å². The van der Waals surface area contributed by atoms with E-state index in [4.69, 9.17) is 17.0 Å². The van der Waals surface area contributed by atoms with Gasteiger partial charge in [-0.25, -0.2) is 4.79 Å². The minimum Gasteiger partial charge on any atom is -0.462 e. The molecule has 0 bridgehead atoms. The second-order valence-corrected chi connectivity index (χ2v) is 7.07. The van der Waals surface area contributed by atoms with E-state index >= 15 is 0 Å². The molecule has 2 aromatic heterocycles. The summed E-state index contributed by atoms with van der Waals surface area (Å²) in [5.41, 5.74) is 1.17. The lowest BCUT2D eigenvalue weighted by Gasteiger charge is -2.08. The third-order valence-corrected chi connectivity index (χ3v) is 5.37. The first kappa shape index (κ1) is 17.6. The summed E-state index contributed by atoms with van der Waals surface area (Å²) in [6.07, 6.45) is 0.876. The van der Waals surface area contributed by atoms with Gasteiger partial charge in [-0.15, -0.1) is 11.3 Å². The van der Waals surface area contributed by atoms with Crippen LogP contribution < -0.4 is 5.56 Å². The molecule has 0 saturated carbocycles. The van der Waals surface area contributed by atoms with E-state index in [1.54, 1.807) is 36.5 Å². The molecule has 0 atom stereocenters. The van der Waals surface area contributed by atoms with Crippen LogP contribution in [0.2, 0.25) is 0 Å². The first-order valence-corrected chi connectivity index (χ1v) is 9.27. The zero-order valence-electron chi connectivity index (χ0n) is 14.0. The number of benzene rings is 1. The number of carbonyl (C=O) groups is 1. The lowest BCUT2D eigenvalue weighted by molar-refractivity contribution is 0.0526. The van der Waals surface area contributed by atoms with E-state index in [1.165, 1.54) is 4.57 Å². The second kappa shape index (κ2) is 7.33. The van der Waals surface area contributed by atoms with Crippen LogP contribution in [-0.2, 0) is 17.7 Å². The van der Waals surface area contributed by atoms with Gasteiger partial charge in [-0.3, -0.25) is 9.36 Å². The SMILES string of the molecule is CCOC(=O)c1cccc(Cn2c(=S)[nH]c3sc(CC)cc3c2=O)c1. The van der Waals surface area contributed by atoms with Crippen LogP contribution in [0.1, 0.15) is 34.6 Å². The molecular weight excluding hydrogens is 356 g/mol. The predicted molar refractivity (Wildman–Crippen MR) is 102 cm³/mol. The number of hydrogen-bond acceptors (Lipinski definition) is 5. The van der Waals surface area contributed by atoms with Gasteiger partial charge in [-0.1, -0.05) is 19.1 Å². The molecule has 0 fully saturated rings. The van der Waals surface area contributed by atoms with Gasteiger partial charge in [0.25, 0.3) is 5.56 Å². The summed E-state index contributed by atoms with van der Waals surface area (Å²) in [4.78, 5) is 29.8. The first-order valence-electron chi connectivity index (χ1n) is 8.05. The third kappa shape index (κ3) is 3.57. The number of rotatable bonds is 5. The first-order chi connectivity index (χ1) is 12.0. The predicted octanol–water partition coefficient (Wildman–Crippen LogP) is 3.91. The minimum atomic E-state index is -0.372. The fourth-order valence-electron chi connectivity index (χ4n) is 2.61. The Morgan fingerprint density at radius 1 is 1.32 bits per heavy atom. The molecule has 0 aliphatic heterocycles. The Labute approximate surface area is 153 Å². The molecule has 3 rings (SSSR count). The van der Waals surface area contributed by atoms with Crippen molar-refractivity contribution in [3.8, 4) is 0 Å². The molecule has 0 amide bonds. The number of aromatic amines is 1. The van der Waals surface area contributed by atoms with Crippen molar-refractivity contribution in [1.29, 1.82) is 0 Å². The molecule has 2 heterocycles. The quantitative estimate of drug-likeness (QED) is 0.543. The summed E-state index contributed by atoms with van der Waals surface area (Å²) in [7, 11) is 0. The summed E-state index contributed by atoms with van der Waals surface area (Å²) in [5, 5.41) is 0.650. The van der Waals surface area contributed by atoms with Crippen LogP contribution in [0.5, 0.6) is 0 Å². The van der Waals surface area contributed by atoms with Gasteiger partial charge >= 0.3 is 5.97 Å². The lowest BCUT2D eigenvalue weighted by atomic mass is 10.1. The van der Waals surface area contributed by atoms with E-state index in [9.17, 15) is 9.59 Å². The molecule has 5 nitrogen and oxygen atoms in total. The molecule has 0 aliphatic carbocycles. The highest BCUT2D eigenvalue weighted by Crippen LogP contribution is 2.21. The summed E-state index contributed by atoms with van der Waals surface area (Å²) in [5.74, 6) is -0.372. The Morgan fingerprint density at radius 3 is 2.84 bits per heavy atom. The van der Waals surface area contributed by atoms with Crippen molar-refractivity contribution in [2.45, 2.75) is 26.8 Å². The number of H-pyrrole nitrogens is 1. The second-order valence-electron chi connectivity index (χ2n) is 5.55. The molecule has 7 heteroatoms. The van der Waals surface area contributed by atoms with Crippen LogP contribution in [0.4, 0.5) is 0 Å². The molecule has 25 heavy (non-hydrogen) atoms. The Bertz CT molecular complexity index is 1050. The van der Waals surface area contributed by atoms with Gasteiger partial charge in [0.2, 0.25) is 0 Å². The van der Waals surface area contributed by atoms with Crippen LogP contribution in [-0.4, -0.2) is 22.1 Å². The Morgan fingerprint density at radius 2 is 2.12 bits per heavy atom. The fraction of sp³-hybridized carbons (Fsp3) is 0.278. The number of aryl methyl sites for hydroxylation is 1. The van der Waals surface area contributed by atoms with Crippen LogP contribution >= 0.6 is 23.6 Å². The molecule has 0 spiro atoms. The van der Waals surface area contributed by atoms with E-state index in [0.29, 0.717) is 28.9 Å². The maximum atomic E-state index is 12.8. The summed E-state index contributed by atoms with van der Waals surface area (Å²) in [6, 6.07) is 8.98. The highest BCUT2D eigenvalue weighted by Gasteiger charge is 2.11. The van der Waals surface area contributed by atoms with Crippen LogP contribution in [0, 0.1) is 4.77 Å². The van der Waals surface area contributed by atoms with Crippen LogP contribution in [0.3, 0.4) is 0 Å². The number of thiophene rings is 1. The monoisotopic (exact) mass is 374 g/mol. The zero-order valence-corrected chi connectivity index (χ0v) is 15.6. The van der Waals surface area contributed by atoms with Crippen LogP contribution in [0.15, 0.2) is 35.1 Å². The molecule has 0 saturated heterocycles. The largest absolute Gasteiger partial charge is 0.462 e. The molecule has 0 aliphatic rings. The third-order valence-electron chi connectivity index (χ3n) is 3.85. The molecular formula is C18H18N2O3S2. The number of hydrogen-bond donors (Lipinski definition) is 1. The topological polar surface area (TPSA) is 64.1 Å². The van der Waals surface area contributed by atoms with Crippen LogP contribution in [0.25, 0.3) is 10.2 Å². The van der Waals surface area contributed by atoms with Gasteiger partial charge in [0.05, 0.1) is 24.1 Å². The number of aromatic nitrogens is 2. The van der Waals surface area contributed by atoms with Gasteiger partial charge in [-0.2, -0.15) is 0 Å². The van der Waals surface area contributed by atoms with E-state index in [2.05, 4.69) is 11.9 Å². The van der Waals surface area contributed by atoms with E-state index in [-0.39, 0.29) is 11.5 Å². The fourth-order valence-corrected chi connectivity index (χ4v) is 3.91. The minimum absolute atomic E-state index is 0.115. The molecule has 0 radical (unpaired) electrons. The van der Waals surface area contributed by atoms with E-state index < -0.39 is 0 Å². The average molecular weight is 374 g/mol. The Balaban J connectivity index is 2.01. The van der Waals surface area contributed by atoms with Crippen molar-refractivity contribution >= 4 is 39.7 Å². The highest BCUT2D eigenvalue weighted by molar-refractivity contribution is 7.71. The molecule has 0 unspecified atom stereocenters. The molecule has 130 valence electrons. The maximum absolute atomic E-state index is 12.8. The number of nitrogens with one attached hydrogen (secondary N) is 1. The number of ether oxygens (including phenoxy) is 1. The number of nitrogens with zero attached hydrogens (tertiary/aromatic N) is 1. The van der Waals surface area contributed by atoms with Crippen molar-refractivity contribution in [3.63, 3.8) is 0 Å². The Hall–Kier alpha value is -2.25. The van der Waals surface area contributed by atoms with Gasteiger partial charge in [0.1, 0.15) is 4.83 Å². The number of esters is 1. The molecule has 3 aromatic rings. The van der Waals surface area contributed by atoms with Crippen molar-refractivity contribution in [3.05, 3.63) is 61.5 Å². The van der Waals surface area contributed by atoms with Crippen molar-refractivity contribution in [2.75, 3.05) is 6.61 Å². The lowest BCUT2D eigenvalue weighted by Crippen LogP contribution is -2.22. The normalized spacial score (nSPS) is 11.0. The van der Waals surface area contributed by atoms with Gasteiger partial charge in [-0.05, 0) is 49.3 Å². The number of fused-ring (bicyclic) bond motifs is 1. The highest BCUT2D eigenvalue weighted by atomic mass is 32.1. The summed E-state index contributed by atoms with van der Waals surface area (Å²) < 4.78 is 6.92. The summed E-state index contributed by atoms with van der Waals surface area (Å²) >= 11 is 6.92. The molecule has 1 N–H and O–H groups in total.